The predicted octanol–water partition coefficient (Wildman–Crippen LogP) is 3.43. The maximum Gasteiger partial charge on any atom is 0.323 e. The van der Waals surface area contributed by atoms with Gasteiger partial charge in [0.2, 0.25) is 0 Å². The van der Waals surface area contributed by atoms with Gasteiger partial charge in [-0.2, -0.15) is 0 Å². The van der Waals surface area contributed by atoms with Crippen molar-refractivity contribution < 1.29 is 9.18 Å². The van der Waals surface area contributed by atoms with Gasteiger partial charge in [-0.1, -0.05) is 11.6 Å². The Morgan fingerprint density at radius 3 is 2.77 bits per heavy atom. The summed E-state index contributed by atoms with van der Waals surface area (Å²) in [5, 5.41) is -0.446. The van der Waals surface area contributed by atoms with Crippen LogP contribution < -0.4 is 4.72 Å². The highest BCUT2D eigenvalue weighted by Gasteiger charge is 2.04. The van der Waals surface area contributed by atoms with Crippen molar-refractivity contribution in [2.45, 2.75) is 4.90 Å². The van der Waals surface area contributed by atoms with Gasteiger partial charge in [-0.3, -0.25) is 9.52 Å². The number of hydrogen-bond donors (Lipinski definition) is 1. The van der Waals surface area contributed by atoms with E-state index in [4.69, 9.17) is 23.2 Å². The first-order valence-corrected chi connectivity index (χ1v) is 4.74. The first kappa shape index (κ1) is 10.6. The number of carbonyl (C=O) groups excluding carboxylic acids is 1. The van der Waals surface area contributed by atoms with Crippen LogP contribution in [0.2, 0.25) is 5.02 Å². The third-order valence-electron chi connectivity index (χ3n) is 1.14. The highest BCUT2D eigenvalue weighted by molar-refractivity contribution is 7.98. The van der Waals surface area contributed by atoms with Gasteiger partial charge in [-0.25, -0.2) is 4.39 Å². The molecule has 0 fully saturated rings. The second-order valence-electron chi connectivity index (χ2n) is 2.05. The van der Waals surface area contributed by atoms with Crippen molar-refractivity contribution in [1.82, 2.24) is 4.72 Å². The SMILES string of the molecule is O=C(Cl)NSc1ccc(Cl)cc1F. The number of carbonyl (C=O) groups is 1. The lowest BCUT2D eigenvalue weighted by molar-refractivity contribution is 0.264. The van der Waals surface area contributed by atoms with Gasteiger partial charge in [-0.15, -0.1) is 0 Å². The molecule has 0 aliphatic rings. The van der Waals surface area contributed by atoms with E-state index in [1.165, 1.54) is 12.1 Å². The van der Waals surface area contributed by atoms with Gasteiger partial charge >= 0.3 is 5.37 Å². The van der Waals surface area contributed by atoms with Crippen LogP contribution in [0.1, 0.15) is 0 Å². The Kier molecular flexibility index (Phi) is 3.84. The normalized spacial score (nSPS) is 9.77. The molecule has 0 unspecified atom stereocenters. The van der Waals surface area contributed by atoms with E-state index in [2.05, 4.69) is 4.72 Å². The van der Waals surface area contributed by atoms with Crippen molar-refractivity contribution in [3.8, 4) is 0 Å². The molecule has 70 valence electrons. The van der Waals surface area contributed by atoms with E-state index in [1.54, 1.807) is 0 Å². The lowest BCUT2D eigenvalue weighted by Crippen LogP contribution is -2.05. The van der Waals surface area contributed by atoms with E-state index >= 15 is 0 Å². The molecule has 0 bridgehead atoms. The van der Waals surface area contributed by atoms with Gasteiger partial charge in [0.05, 0.1) is 4.90 Å². The molecule has 1 aromatic rings. The van der Waals surface area contributed by atoms with Crippen LogP contribution in [0.5, 0.6) is 0 Å². The molecule has 1 rings (SSSR count). The van der Waals surface area contributed by atoms with Gasteiger partial charge in [0, 0.05) is 5.02 Å². The monoisotopic (exact) mass is 239 g/mol. The molecule has 0 aromatic heterocycles. The van der Waals surface area contributed by atoms with Gasteiger partial charge < -0.3 is 0 Å². The number of amides is 1. The van der Waals surface area contributed by atoms with Crippen molar-refractivity contribution in [1.29, 1.82) is 0 Å². The molecule has 1 aromatic carbocycles. The summed E-state index contributed by atoms with van der Waals surface area (Å²) >= 11 is 11.3. The molecule has 0 saturated heterocycles. The molecule has 6 heteroatoms. The number of nitrogens with one attached hydrogen (secondary N) is 1. The smallest absolute Gasteiger partial charge is 0.282 e. The highest BCUT2D eigenvalue weighted by Crippen LogP contribution is 2.22. The molecule has 13 heavy (non-hydrogen) atoms. The van der Waals surface area contributed by atoms with Gasteiger partial charge in [-0.05, 0) is 41.7 Å². The summed E-state index contributed by atoms with van der Waals surface area (Å²) < 4.78 is 15.2. The Morgan fingerprint density at radius 1 is 1.54 bits per heavy atom. The molecule has 0 spiro atoms. The van der Waals surface area contributed by atoms with Crippen molar-refractivity contribution in [3.63, 3.8) is 0 Å². The maximum absolute atomic E-state index is 13.0. The molecular formula is C7H4Cl2FNOS. The summed E-state index contributed by atoms with van der Waals surface area (Å²) in [5.74, 6) is -0.497. The number of rotatable bonds is 2. The summed E-state index contributed by atoms with van der Waals surface area (Å²) in [4.78, 5) is 10.5. The second kappa shape index (κ2) is 4.69. The van der Waals surface area contributed by atoms with E-state index < -0.39 is 11.2 Å². The molecule has 0 aliphatic carbocycles. The molecular weight excluding hydrogens is 236 g/mol. The Hall–Kier alpha value is -0.450. The van der Waals surface area contributed by atoms with Crippen molar-refractivity contribution >= 4 is 40.5 Å². The first-order chi connectivity index (χ1) is 6.09. The lowest BCUT2D eigenvalue weighted by Gasteiger charge is -2.01. The van der Waals surface area contributed by atoms with Crippen molar-refractivity contribution in [2.24, 2.45) is 0 Å². The van der Waals surface area contributed by atoms with Crippen LogP contribution in [-0.2, 0) is 0 Å². The van der Waals surface area contributed by atoms with Gasteiger partial charge in [0.15, 0.2) is 0 Å². The summed E-state index contributed by atoms with van der Waals surface area (Å²) in [6.45, 7) is 0. The molecule has 1 N–H and O–H groups in total. The quantitative estimate of drug-likeness (QED) is 0.487. The predicted molar refractivity (Wildman–Crippen MR) is 51.7 cm³/mol. The third kappa shape index (κ3) is 3.42. The van der Waals surface area contributed by atoms with Crippen LogP contribution in [0, 0.1) is 5.82 Å². The molecule has 2 nitrogen and oxygen atoms in total. The standard InChI is InChI=1S/C7H4Cl2FNOS/c8-4-1-2-6(5(10)3-4)13-11-7(9)12/h1-3H,(H,11,12). The number of hydrogen-bond acceptors (Lipinski definition) is 2. The summed E-state index contributed by atoms with van der Waals surface area (Å²) in [5.41, 5.74) is 0. The Bertz CT molecular complexity index is 334. The van der Waals surface area contributed by atoms with E-state index in [1.807, 2.05) is 0 Å². The Morgan fingerprint density at radius 2 is 2.23 bits per heavy atom. The van der Waals surface area contributed by atoms with E-state index in [0.29, 0.717) is 5.02 Å². The van der Waals surface area contributed by atoms with Gasteiger partial charge in [0.25, 0.3) is 0 Å². The number of halogens is 3. The van der Waals surface area contributed by atoms with E-state index in [-0.39, 0.29) is 4.90 Å². The molecule has 0 atom stereocenters. The van der Waals surface area contributed by atoms with E-state index in [9.17, 15) is 9.18 Å². The minimum Gasteiger partial charge on any atom is -0.282 e. The summed E-state index contributed by atoms with van der Waals surface area (Å²) in [6, 6.07) is 4.13. The van der Waals surface area contributed by atoms with E-state index in [0.717, 1.165) is 18.0 Å². The molecule has 0 radical (unpaired) electrons. The second-order valence-corrected chi connectivity index (χ2v) is 3.68. The zero-order chi connectivity index (χ0) is 9.84. The Balaban J connectivity index is 2.72. The van der Waals surface area contributed by atoms with Crippen LogP contribution in [-0.4, -0.2) is 5.37 Å². The first-order valence-electron chi connectivity index (χ1n) is 3.17. The molecule has 0 heterocycles. The third-order valence-corrected chi connectivity index (χ3v) is 2.42. The zero-order valence-corrected chi connectivity index (χ0v) is 8.51. The summed E-state index contributed by atoms with van der Waals surface area (Å²) in [6.07, 6.45) is 0. The number of benzene rings is 1. The lowest BCUT2D eigenvalue weighted by atomic mass is 10.3. The van der Waals surface area contributed by atoms with Crippen molar-refractivity contribution in [2.75, 3.05) is 0 Å². The van der Waals surface area contributed by atoms with Crippen LogP contribution in [0.4, 0.5) is 9.18 Å². The average molecular weight is 240 g/mol. The molecule has 1 amide bonds. The fraction of sp³-hybridized carbons (Fsp3) is 0. The van der Waals surface area contributed by atoms with Crippen LogP contribution in [0.3, 0.4) is 0 Å². The van der Waals surface area contributed by atoms with Crippen LogP contribution in [0.25, 0.3) is 0 Å². The maximum atomic E-state index is 13.0. The summed E-state index contributed by atoms with van der Waals surface area (Å²) in [7, 11) is 0. The fourth-order valence-electron chi connectivity index (χ4n) is 0.653. The van der Waals surface area contributed by atoms with Crippen LogP contribution in [0.15, 0.2) is 23.1 Å². The molecule has 0 aliphatic heterocycles. The van der Waals surface area contributed by atoms with Crippen LogP contribution >= 0.6 is 35.1 Å². The zero-order valence-electron chi connectivity index (χ0n) is 6.18. The fourth-order valence-corrected chi connectivity index (χ4v) is 1.41. The van der Waals surface area contributed by atoms with Gasteiger partial charge in [0.1, 0.15) is 5.82 Å². The Labute approximate surface area is 88.5 Å². The minimum atomic E-state index is -0.751. The highest BCUT2D eigenvalue weighted by atomic mass is 35.5. The minimum absolute atomic E-state index is 0.262. The topological polar surface area (TPSA) is 29.1 Å². The molecule has 0 saturated carbocycles. The largest absolute Gasteiger partial charge is 0.323 e. The van der Waals surface area contributed by atoms with Crippen molar-refractivity contribution in [3.05, 3.63) is 29.0 Å². The average Bonchev–Trinajstić information content (AvgIpc) is 2.02.